The summed E-state index contributed by atoms with van der Waals surface area (Å²) in [6.07, 6.45) is 0. The van der Waals surface area contributed by atoms with Crippen LogP contribution < -0.4 is 0 Å². The molecule has 0 radical (unpaired) electrons. The van der Waals surface area contributed by atoms with E-state index in [1.807, 2.05) is 78.9 Å². The molecule has 0 aliphatic rings. The van der Waals surface area contributed by atoms with Crippen molar-refractivity contribution in [2.45, 2.75) is 6.04 Å². The van der Waals surface area contributed by atoms with Crippen molar-refractivity contribution < 1.29 is 9.90 Å². The summed E-state index contributed by atoms with van der Waals surface area (Å²) in [5.41, 5.74) is 3.12. The van der Waals surface area contributed by atoms with Crippen molar-refractivity contribution in [3.05, 3.63) is 108 Å². The summed E-state index contributed by atoms with van der Waals surface area (Å²) < 4.78 is 0. The van der Waals surface area contributed by atoms with Crippen LogP contribution in [0.5, 0.6) is 0 Å². The maximum absolute atomic E-state index is 11.8. The molecule has 0 heterocycles. The minimum absolute atomic E-state index is 0.661. The highest BCUT2D eigenvalue weighted by Crippen LogP contribution is 2.21. The van der Waals surface area contributed by atoms with Gasteiger partial charge in [0.15, 0.2) is 6.04 Å². The lowest BCUT2D eigenvalue weighted by atomic mass is 10.0. The Balaban J connectivity index is 2.13. The van der Waals surface area contributed by atoms with E-state index in [-0.39, 0.29) is 0 Å². The molecule has 1 atom stereocenters. The Labute approximate surface area is 140 Å². The fourth-order valence-electron chi connectivity index (χ4n) is 2.54. The van der Waals surface area contributed by atoms with Crippen LogP contribution in [0.15, 0.2) is 96.0 Å². The van der Waals surface area contributed by atoms with Crippen LogP contribution in [-0.2, 0) is 4.79 Å². The average molecular weight is 315 g/mol. The number of hydrogen-bond acceptors (Lipinski definition) is 2. The molecule has 0 bridgehead atoms. The third-order valence-electron chi connectivity index (χ3n) is 3.70. The molecule has 3 heteroatoms. The Hall–Kier alpha value is -3.20. The number of hydrogen-bond donors (Lipinski definition) is 1. The van der Waals surface area contributed by atoms with Gasteiger partial charge in [-0.05, 0) is 5.56 Å². The van der Waals surface area contributed by atoms with Crippen molar-refractivity contribution >= 4 is 11.7 Å². The second kappa shape index (κ2) is 7.38. The first-order valence-corrected chi connectivity index (χ1v) is 7.72. The maximum atomic E-state index is 11.8. The quantitative estimate of drug-likeness (QED) is 0.712. The lowest BCUT2D eigenvalue weighted by molar-refractivity contribution is -0.138. The normalized spacial score (nSPS) is 11.5. The van der Waals surface area contributed by atoms with E-state index in [2.05, 4.69) is 4.99 Å². The SMILES string of the molecule is O=C(O)C(N=C(c1ccccc1)c1ccccc1)c1ccccc1. The molecule has 3 aromatic carbocycles. The summed E-state index contributed by atoms with van der Waals surface area (Å²) >= 11 is 0. The van der Waals surface area contributed by atoms with Crippen LogP contribution in [0.2, 0.25) is 0 Å². The minimum Gasteiger partial charge on any atom is -0.479 e. The predicted molar refractivity (Wildman–Crippen MR) is 95.3 cm³/mol. The Morgan fingerprint density at radius 2 is 1.12 bits per heavy atom. The van der Waals surface area contributed by atoms with Gasteiger partial charge in [-0.3, -0.25) is 4.99 Å². The van der Waals surface area contributed by atoms with Gasteiger partial charge in [-0.2, -0.15) is 0 Å². The first-order valence-electron chi connectivity index (χ1n) is 7.72. The van der Waals surface area contributed by atoms with Gasteiger partial charge < -0.3 is 5.11 Å². The molecule has 3 aromatic rings. The summed E-state index contributed by atoms with van der Waals surface area (Å²) in [6.45, 7) is 0. The summed E-state index contributed by atoms with van der Waals surface area (Å²) in [5.74, 6) is -0.967. The van der Waals surface area contributed by atoms with E-state index in [9.17, 15) is 9.90 Å². The van der Waals surface area contributed by atoms with Crippen molar-refractivity contribution in [3.8, 4) is 0 Å². The Morgan fingerprint density at radius 3 is 1.54 bits per heavy atom. The number of rotatable bonds is 5. The van der Waals surface area contributed by atoms with Crippen LogP contribution in [0.3, 0.4) is 0 Å². The lowest BCUT2D eigenvalue weighted by Crippen LogP contribution is -2.14. The smallest absolute Gasteiger partial charge is 0.333 e. The number of carboxylic acids is 1. The first kappa shape index (κ1) is 15.7. The fraction of sp³-hybridized carbons (Fsp3) is 0.0476. The molecule has 0 spiro atoms. The van der Waals surface area contributed by atoms with E-state index in [0.717, 1.165) is 11.1 Å². The molecule has 0 saturated heterocycles. The summed E-state index contributed by atoms with van der Waals surface area (Å²) in [5, 5.41) is 9.66. The van der Waals surface area contributed by atoms with Gasteiger partial charge in [-0.15, -0.1) is 0 Å². The second-order valence-corrected chi connectivity index (χ2v) is 5.36. The van der Waals surface area contributed by atoms with Crippen LogP contribution in [0.1, 0.15) is 22.7 Å². The number of carboxylic acid groups (broad SMARTS) is 1. The molecule has 0 aliphatic carbocycles. The zero-order valence-corrected chi connectivity index (χ0v) is 13.0. The van der Waals surface area contributed by atoms with E-state index in [1.165, 1.54) is 0 Å². The van der Waals surface area contributed by atoms with Crippen molar-refractivity contribution in [2.75, 3.05) is 0 Å². The van der Waals surface area contributed by atoms with Crippen molar-refractivity contribution in [1.82, 2.24) is 0 Å². The van der Waals surface area contributed by atoms with E-state index in [0.29, 0.717) is 11.3 Å². The highest BCUT2D eigenvalue weighted by atomic mass is 16.4. The minimum atomic E-state index is -0.967. The Bertz CT molecular complexity index is 786. The highest BCUT2D eigenvalue weighted by molar-refractivity contribution is 6.13. The van der Waals surface area contributed by atoms with Crippen LogP contribution in [0.4, 0.5) is 0 Å². The number of benzene rings is 3. The van der Waals surface area contributed by atoms with E-state index < -0.39 is 12.0 Å². The fourth-order valence-corrected chi connectivity index (χ4v) is 2.54. The van der Waals surface area contributed by atoms with Crippen LogP contribution in [0.25, 0.3) is 0 Å². The molecular formula is C21H17NO2. The highest BCUT2D eigenvalue weighted by Gasteiger charge is 2.20. The number of nitrogens with zero attached hydrogens (tertiary/aromatic N) is 1. The number of carbonyl (C=O) groups is 1. The Kier molecular flexibility index (Phi) is 4.82. The molecule has 0 aromatic heterocycles. The number of aliphatic carboxylic acids is 1. The topological polar surface area (TPSA) is 49.7 Å². The number of aliphatic imine (C=N–C) groups is 1. The van der Waals surface area contributed by atoms with Gasteiger partial charge in [0.2, 0.25) is 0 Å². The van der Waals surface area contributed by atoms with Gasteiger partial charge in [-0.1, -0.05) is 91.0 Å². The van der Waals surface area contributed by atoms with Crippen molar-refractivity contribution in [1.29, 1.82) is 0 Å². The van der Waals surface area contributed by atoms with E-state index in [4.69, 9.17) is 0 Å². The molecule has 24 heavy (non-hydrogen) atoms. The van der Waals surface area contributed by atoms with Crippen LogP contribution >= 0.6 is 0 Å². The molecule has 0 saturated carbocycles. The second-order valence-electron chi connectivity index (χ2n) is 5.36. The zero-order chi connectivity index (χ0) is 16.8. The zero-order valence-electron chi connectivity index (χ0n) is 13.0. The van der Waals surface area contributed by atoms with Gasteiger partial charge in [-0.25, -0.2) is 4.79 Å². The molecular weight excluding hydrogens is 298 g/mol. The summed E-state index contributed by atoms with van der Waals surface area (Å²) in [7, 11) is 0. The Morgan fingerprint density at radius 1 is 0.708 bits per heavy atom. The molecule has 1 N–H and O–H groups in total. The molecule has 1 unspecified atom stereocenters. The predicted octanol–water partition coefficient (Wildman–Crippen LogP) is 4.35. The molecule has 3 rings (SSSR count). The van der Waals surface area contributed by atoms with Gasteiger partial charge in [0.25, 0.3) is 0 Å². The van der Waals surface area contributed by atoms with Crippen molar-refractivity contribution in [2.24, 2.45) is 4.99 Å². The summed E-state index contributed by atoms with van der Waals surface area (Å²) in [4.78, 5) is 16.4. The van der Waals surface area contributed by atoms with Gasteiger partial charge in [0.1, 0.15) is 0 Å². The van der Waals surface area contributed by atoms with Crippen molar-refractivity contribution in [3.63, 3.8) is 0 Å². The molecule has 3 nitrogen and oxygen atoms in total. The van der Waals surface area contributed by atoms with Gasteiger partial charge in [0, 0.05) is 11.1 Å². The van der Waals surface area contributed by atoms with E-state index >= 15 is 0 Å². The van der Waals surface area contributed by atoms with E-state index in [1.54, 1.807) is 12.1 Å². The molecule has 0 aliphatic heterocycles. The molecule has 118 valence electrons. The first-order chi connectivity index (χ1) is 11.8. The monoisotopic (exact) mass is 315 g/mol. The van der Waals surface area contributed by atoms with Crippen LogP contribution in [-0.4, -0.2) is 16.8 Å². The molecule has 0 fully saturated rings. The molecule has 0 amide bonds. The third-order valence-corrected chi connectivity index (χ3v) is 3.70. The lowest BCUT2D eigenvalue weighted by Gasteiger charge is -2.13. The van der Waals surface area contributed by atoms with Gasteiger partial charge in [0.05, 0.1) is 5.71 Å². The standard InChI is InChI=1S/C21H17NO2/c23-21(24)20(18-14-8-3-9-15-18)22-19(16-10-4-1-5-11-16)17-12-6-2-7-13-17/h1-15,20H,(H,23,24). The average Bonchev–Trinajstić information content (AvgIpc) is 2.64. The largest absolute Gasteiger partial charge is 0.479 e. The third kappa shape index (κ3) is 3.58. The van der Waals surface area contributed by atoms with Crippen LogP contribution in [0, 0.1) is 0 Å². The van der Waals surface area contributed by atoms with Gasteiger partial charge >= 0.3 is 5.97 Å². The summed E-state index contributed by atoms with van der Waals surface area (Å²) in [6, 6.07) is 27.5. The maximum Gasteiger partial charge on any atom is 0.333 e.